The monoisotopic (exact) mass is 246 g/mol. The summed E-state index contributed by atoms with van der Waals surface area (Å²) in [6, 6.07) is 10.3. The fourth-order valence-corrected chi connectivity index (χ4v) is 2.66. The molecule has 0 saturated carbocycles. The van der Waals surface area contributed by atoms with Crippen LogP contribution in [0.1, 0.15) is 47.4 Å². The smallest absolute Gasteiger partial charge is 0.105 e. The first-order chi connectivity index (χ1) is 8.09. The van der Waals surface area contributed by atoms with Crippen molar-refractivity contribution in [1.29, 1.82) is 0 Å². The van der Waals surface area contributed by atoms with Crippen LogP contribution in [0, 0.1) is 6.92 Å². The minimum Gasteiger partial charge on any atom is -0.384 e. The van der Waals surface area contributed by atoms with Crippen LogP contribution >= 0.6 is 11.3 Å². The number of hydrogen-bond donors (Lipinski definition) is 1. The van der Waals surface area contributed by atoms with E-state index in [-0.39, 0.29) is 0 Å². The highest BCUT2D eigenvalue weighted by molar-refractivity contribution is 7.10. The number of aliphatic hydroxyl groups is 1. The van der Waals surface area contributed by atoms with Crippen molar-refractivity contribution in [2.75, 3.05) is 0 Å². The van der Waals surface area contributed by atoms with Gasteiger partial charge in [-0.05, 0) is 41.0 Å². The van der Waals surface area contributed by atoms with Crippen LogP contribution < -0.4 is 0 Å². The van der Waals surface area contributed by atoms with Gasteiger partial charge in [-0.3, -0.25) is 0 Å². The van der Waals surface area contributed by atoms with Gasteiger partial charge in [-0.25, -0.2) is 0 Å². The molecule has 1 heterocycles. The van der Waals surface area contributed by atoms with Crippen LogP contribution in [-0.2, 0) is 0 Å². The zero-order chi connectivity index (χ0) is 12.4. The molecule has 90 valence electrons. The molecule has 1 N–H and O–H groups in total. The lowest BCUT2D eigenvalue weighted by Crippen LogP contribution is -2.00. The van der Waals surface area contributed by atoms with Gasteiger partial charge in [0.25, 0.3) is 0 Å². The second kappa shape index (κ2) is 5.03. The second-order valence-electron chi connectivity index (χ2n) is 4.66. The third kappa shape index (κ3) is 2.59. The van der Waals surface area contributed by atoms with Gasteiger partial charge in [0.1, 0.15) is 6.10 Å². The standard InChI is InChI=1S/C15H18OS/c1-10(2)12-4-6-13(7-5-12)15(16)14-8-9-17-11(14)3/h4-10,15-16H,1-3H3. The van der Waals surface area contributed by atoms with E-state index in [9.17, 15) is 5.11 Å². The summed E-state index contributed by atoms with van der Waals surface area (Å²) in [6.07, 6.45) is -0.498. The van der Waals surface area contributed by atoms with Gasteiger partial charge >= 0.3 is 0 Å². The molecule has 1 unspecified atom stereocenters. The van der Waals surface area contributed by atoms with Crippen LogP contribution in [0.3, 0.4) is 0 Å². The second-order valence-corrected chi connectivity index (χ2v) is 5.78. The first kappa shape index (κ1) is 12.3. The van der Waals surface area contributed by atoms with Gasteiger partial charge in [0.05, 0.1) is 0 Å². The van der Waals surface area contributed by atoms with Gasteiger partial charge in [-0.15, -0.1) is 11.3 Å². The van der Waals surface area contributed by atoms with Gasteiger partial charge < -0.3 is 5.11 Å². The Bertz CT molecular complexity index is 482. The van der Waals surface area contributed by atoms with Gasteiger partial charge in [0.2, 0.25) is 0 Å². The van der Waals surface area contributed by atoms with Crippen molar-refractivity contribution < 1.29 is 5.11 Å². The molecule has 2 rings (SSSR count). The SMILES string of the molecule is Cc1sccc1C(O)c1ccc(C(C)C)cc1. The Morgan fingerprint density at radius 3 is 2.06 bits per heavy atom. The summed E-state index contributed by atoms with van der Waals surface area (Å²) in [7, 11) is 0. The van der Waals surface area contributed by atoms with E-state index in [1.165, 1.54) is 10.4 Å². The summed E-state index contributed by atoms with van der Waals surface area (Å²) in [5.41, 5.74) is 3.30. The number of aliphatic hydroxyl groups excluding tert-OH is 1. The summed E-state index contributed by atoms with van der Waals surface area (Å²) in [5, 5.41) is 12.3. The fraction of sp³-hybridized carbons (Fsp3) is 0.333. The van der Waals surface area contributed by atoms with E-state index in [1.807, 2.05) is 30.5 Å². The van der Waals surface area contributed by atoms with E-state index in [4.69, 9.17) is 0 Å². The molecular weight excluding hydrogens is 228 g/mol. The van der Waals surface area contributed by atoms with Crippen molar-refractivity contribution in [1.82, 2.24) is 0 Å². The predicted octanol–water partition coefficient (Wildman–Crippen LogP) is 4.26. The topological polar surface area (TPSA) is 20.2 Å². The fourth-order valence-electron chi connectivity index (χ4n) is 1.92. The first-order valence-electron chi connectivity index (χ1n) is 5.91. The molecular formula is C15H18OS. The molecule has 0 aliphatic heterocycles. The molecule has 0 aliphatic rings. The van der Waals surface area contributed by atoms with E-state index in [2.05, 4.69) is 26.0 Å². The molecule has 0 bridgehead atoms. The average molecular weight is 246 g/mol. The highest BCUT2D eigenvalue weighted by atomic mass is 32.1. The van der Waals surface area contributed by atoms with Crippen LogP contribution in [0.2, 0.25) is 0 Å². The summed E-state index contributed by atoms with van der Waals surface area (Å²) >= 11 is 1.68. The molecule has 17 heavy (non-hydrogen) atoms. The Morgan fingerprint density at radius 2 is 1.59 bits per heavy atom. The molecule has 0 saturated heterocycles. The highest BCUT2D eigenvalue weighted by Crippen LogP contribution is 2.28. The van der Waals surface area contributed by atoms with Crippen LogP contribution in [0.15, 0.2) is 35.7 Å². The minimum absolute atomic E-state index is 0.498. The molecule has 0 fully saturated rings. The Balaban J connectivity index is 2.26. The van der Waals surface area contributed by atoms with Gasteiger partial charge in [0.15, 0.2) is 0 Å². The number of benzene rings is 1. The number of thiophene rings is 1. The summed E-state index contributed by atoms with van der Waals surface area (Å²) in [6.45, 7) is 6.40. The van der Waals surface area contributed by atoms with Crippen molar-refractivity contribution in [3.05, 3.63) is 57.3 Å². The zero-order valence-corrected chi connectivity index (χ0v) is 11.3. The minimum atomic E-state index is -0.498. The van der Waals surface area contributed by atoms with Gasteiger partial charge in [-0.2, -0.15) is 0 Å². The maximum Gasteiger partial charge on any atom is 0.105 e. The van der Waals surface area contributed by atoms with Crippen LogP contribution in [-0.4, -0.2) is 5.11 Å². The molecule has 0 spiro atoms. The van der Waals surface area contributed by atoms with E-state index >= 15 is 0 Å². The summed E-state index contributed by atoms with van der Waals surface area (Å²) < 4.78 is 0. The third-order valence-corrected chi connectivity index (χ3v) is 3.97. The van der Waals surface area contributed by atoms with E-state index in [1.54, 1.807) is 11.3 Å². The third-order valence-electron chi connectivity index (χ3n) is 3.11. The van der Waals surface area contributed by atoms with Gasteiger partial charge in [-0.1, -0.05) is 38.1 Å². The Kier molecular flexibility index (Phi) is 3.65. The Labute approximate surface area is 107 Å². The van der Waals surface area contributed by atoms with Crippen molar-refractivity contribution in [3.8, 4) is 0 Å². The number of aryl methyl sites for hydroxylation is 1. The van der Waals surface area contributed by atoms with E-state index < -0.39 is 6.10 Å². The molecule has 0 aliphatic carbocycles. The maximum atomic E-state index is 10.3. The normalized spacial score (nSPS) is 13.0. The van der Waals surface area contributed by atoms with Crippen molar-refractivity contribution in [2.45, 2.75) is 32.8 Å². The molecule has 1 atom stereocenters. The van der Waals surface area contributed by atoms with Crippen molar-refractivity contribution >= 4 is 11.3 Å². The van der Waals surface area contributed by atoms with Crippen molar-refractivity contribution in [2.24, 2.45) is 0 Å². The van der Waals surface area contributed by atoms with Crippen LogP contribution in [0.25, 0.3) is 0 Å². The highest BCUT2D eigenvalue weighted by Gasteiger charge is 2.13. The molecule has 2 aromatic rings. The molecule has 1 nitrogen and oxygen atoms in total. The lowest BCUT2D eigenvalue weighted by molar-refractivity contribution is 0.220. The zero-order valence-electron chi connectivity index (χ0n) is 10.5. The van der Waals surface area contributed by atoms with Gasteiger partial charge in [0, 0.05) is 4.88 Å². The van der Waals surface area contributed by atoms with Crippen molar-refractivity contribution in [3.63, 3.8) is 0 Å². The summed E-state index contributed by atoms with van der Waals surface area (Å²) in [5.74, 6) is 0.532. The number of rotatable bonds is 3. The first-order valence-corrected chi connectivity index (χ1v) is 6.79. The number of hydrogen-bond acceptors (Lipinski definition) is 2. The molecule has 0 amide bonds. The van der Waals surface area contributed by atoms with Crippen LogP contribution in [0.4, 0.5) is 0 Å². The lowest BCUT2D eigenvalue weighted by atomic mass is 9.97. The molecule has 2 heteroatoms. The quantitative estimate of drug-likeness (QED) is 0.858. The Morgan fingerprint density at radius 1 is 1.00 bits per heavy atom. The molecule has 1 aromatic heterocycles. The largest absolute Gasteiger partial charge is 0.384 e. The molecule has 1 aromatic carbocycles. The maximum absolute atomic E-state index is 10.3. The summed E-state index contributed by atoms with van der Waals surface area (Å²) in [4.78, 5) is 1.19. The predicted molar refractivity (Wildman–Crippen MR) is 73.6 cm³/mol. The van der Waals surface area contributed by atoms with Crippen LogP contribution in [0.5, 0.6) is 0 Å². The lowest BCUT2D eigenvalue weighted by Gasteiger charge is -2.12. The van der Waals surface area contributed by atoms with E-state index in [0.29, 0.717) is 5.92 Å². The average Bonchev–Trinajstić information content (AvgIpc) is 2.74. The molecule has 0 radical (unpaired) electrons. The Hall–Kier alpha value is -1.12. The van der Waals surface area contributed by atoms with E-state index in [0.717, 1.165) is 11.1 Å².